The van der Waals surface area contributed by atoms with Gasteiger partial charge in [0.2, 0.25) is 0 Å². The lowest BCUT2D eigenvalue weighted by molar-refractivity contribution is 0.342. The average molecular weight is 261 g/mol. The molecule has 0 saturated carbocycles. The van der Waals surface area contributed by atoms with E-state index in [1.54, 1.807) is 0 Å². The summed E-state index contributed by atoms with van der Waals surface area (Å²) in [5.41, 5.74) is 2.70. The molecule has 19 heavy (non-hydrogen) atoms. The van der Waals surface area contributed by atoms with Crippen LogP contribution in [0.15, 0.2) is 24.3 Å². The third-order valence-corrected chi connectivity index (χ3v) is 3.68. The number of likely N-dealkylation sites (N-methyl/N-ethyl adjacent to an activating group) is 1. The Kier molecular flexibility index (Phi) is 4.83. The molecule has 0 aliphatic carbocycles. The van der Waals surface area contributed by atoms with Crippen molar-refractivity contribution >= 4 is 5.69 Å². The highest BCUT2D eigenvalue weighted by atomic mass is 15.2. The van der Waals surface area contributed by atoms with Crippen LogP contribution in [0.25, 0.3) is 0 Å². The van der Waals surface area contributed by atoms with E-state index in [0.29, 0.717) is 12.0 Å². The Bertz CT molecular complexity index is 403. The summed E-state index contributed by atoms with van der Waals surface area (Å²) in [7, 11) is 4.29. The van der Waals surface area contributed by atoms with Gasteiger partial charge in [0.05, 0.1) is 0 Å². The van der Waals surface area contributed by atoms with Crippen molar-refractivity contribution < 1.29 is 0 Å². The fraction of sp³-hybridized carbons (Fsp3) is 0.625. The van der Waals surface area contributed by atoms with Gasteiger partial charge in [-0.15, -0.1) is 0 Å². The molecule has 0 aromatic heterocycles. The van der Waals surface area contributed by atoms with Crippen LogP contribution >= 0.6 is 0 Å². The Hall–Kier alpha value is -1.06. The molecule has 106 valence electrons. The van der Waals surface area contributed by atoms with Gasteiger partial charge in [-0.05, 0) is 51.2 Å². The Morgan fingerprint density at radius 2 is 2.11 bits per heavy atom. The highest BCUT2D eigenvalue weighted by molar-refractivity contribution is 5.48. The first-order valence-electron chi connectivity index (χ1n) is 7.24. The molecule has 1 aromatic carbocycles. The first-order chi connectivity index (χ1) is 9.04. The van der Waals surface area contributed by atoms with Crippen molar-refractivity contribution in [1.29, 1.82) is 0 Å². The van der Waals surface area contributed by atoms with Crippen LogP contribution in [0.4, 0.5) is 5.69 Å². The molecule has 3 nitrogen and oxygen atoms in total. The number of aryl methyl sites for hydroxylation is 1. The van der Waals surface area contributed by atoms with E-state index in [9.17, 15) is 0 Å². The molecule has 3 heteroatoms. The van der Waals surface area contributed by atoms with Gasteiger partial charge in [0.25, 0.3) is 0 Å². The lowest BCUT2D eigenvalue weighted by Gasteiger charge is -2.28. The van der Waals surface area contributed by atoms with Crippen molar-refractivity contribution in [1.82, 2.24) is 10.2 Å². The van der Waals surface area contributed by atoms with Crippen molar-refractivity contribution in [2.24, 2.45) is 5.92 Å². The molecule has 2 atom stereocenters. The molecule has 1 saturated heterocycles. The summed E-state index contributed by atoms with van der Waals surface area (Å²) in [4.78, 5) is 4.80. The second-order valence-electron chi connectivity index (χ2n) is 6.22. The van der Waals surface area contributed by atoms with Crippen molar-refractivity contribution in [3.05, 3.63) is 29.8 Å². The molecule has 0 bridgehead atoms. The average Bonchev–Trinajstić information content (AvgIpc) is 2.51. The Balaban J connectivity index is 2.12. The van der Waals surface area contributed by atoms with E-state index in [2.05, 4.69) is 67.3 Å². The van der Waals surface area contributed by atoms with Gasteiger partial charge in [0, 0.05) is 31.4 Å². The van der Waals surface area contributed by atoms with E-state index >= 15 is 0 Å². The lowest BCUT2D eigenvalue weighted by atomic mass is 10.1. The first kappa shape index (κ1) is 14.4. The largest absolute Gasteiger partial charge is 0.370 e. The summed E-state index contributed by atoms with van der Waals surface area (Å²) < 4.78 is 0. The highest BCUT2D eigenvalue weighted by Crippen LogP contribution is 2.19. The summed E-state index contributed by atoms with van der Waals surface area (Å²) in [6.07, 6.45) is 0. The van der Waals surface area contributed by atoms with Crippen molar-refractivity contribution in [3.8, 4) is 0 Å². The number of nitrogens with one attached hydrogen (secondary N) is 1. The molecular weight excluding hydrogens is 234 g/mol. The number of anilines is 1. The van der Waals surface area contributed by atoms with E-state index in [-0.39, 0.29) is 0 Å². The highest BCUT2D eigenvalue weighted by Gasteiger charge is 2.22. The minimum absolute atomic E-state index is 0.542. The maximum absolute atomic E-state index is 3.69. The number of hydrogen-bond donors (Lipinski definition) is 1. The predicted molar refractivity (Wildman–Crippen MR) is 82.9 cm³/mol. The molecule has 2 unspecified atom stereocenters. The fourth-order valence-corrected chi connectivity index (χ4v) is 2.81. The zero-order chi connectivity index (χ0) is 13.8. The van der Waals surface area contributed by atoms with Gasteiger partial charge in [-0.2, -0.15) is 0 Å². The second-order valence-corrected chi connectivity index (χ2v) is 6.22. The molecular formula is C16H27N3. The Labute approximate surface area is 117 Å². The fourth-order valence-electron chi connectivity index (χ4n) is 2.81. The van der Waals surface area contributed by atoms with Gasteiger partial charge in [-0.25, -0.2) is 0 Å². The van der Waals surface area contributed by atoms with E-state index in [1.165, 1.54) is 11.3 Å². The first-order valence-corrected chi connectivity index (χ1v) is 7.24. The van der Waals surface area contributed by atoms with Gasteiger partial charge in [0.1, 0.15) is 0 Å². The standard InChI is InChI=1S/C16H27N3/c1-13-6-5-7-16(8-13)19-10-14(2)9-17-15(12-19)11-18(3)4/h5-8,14-15,17H,9-12H2,1-4H3. The van der Waals surface area contributed by atoms with Crippen LogP contribution in [0, 0.1) is 12.8 Å². The van der Waals surface area contributed by atoms with Crippen LogP contribution in [-0.2, 0) is 0 Å². The molecule has 1 heterocycles. The molecule has 0 amide bonds. The maximum atomic E-state index is 3.69. The van der Waals surface area contributed by atoms with Gasteiger partial charge < -0.3 is 15.1 Å². The maximum Gasteiger partial charge on any atom is 0.0371 e. The number of rotatable bonds is 3. The normalized spacial score (nSPS) is 24.6. The topological polar surface area (TPSA) is 18.5 Å². The number of nitrogens with zero attached hydrogens (tertiary/aromatic N) is 2. The van der Waals surface area contributed by atoms with Gasteiger partial charge in [0.15, 0.2) is 0 Å². The zero-order valence-electron chi connectivity index (χ0n) is 12.7. The third-order valence-electron chi connectivity index (χ3n) is 3.68. The molecule has 1 aliphatic rings. The van der Waals surface area contributed by atoms with Crippen molar-refractivity contribution in [2.75, 3.05) is 45.2 Å². The third kappa shape index (κ3) is 4.22. The van der Waals surface area contributed by atoms with Gasteiger partial charge >= 0.3 is 0 Å². The lowest BCUT2D eigenvalue weighted by Crippen LogP contribution is -2.44. The van der Waals surface area contributed by atoms with E-state index in [4.69, 9.17) is 0 Å². The molecule has 0 radical (unpaired) electrons. The van der Waals surface area contributed by atoms with Crippen LogP contribution < -0.4 is 10.2 Å². The molecule has 1 aliphatic heterocycles. The van der Waals surface area contributed by atoms with Crippen LogP contribution in [0.5, 0.6) is 0 Å². The molecule has 1 N–H and O–H groups in total. The van der Waals surface area contributed by atoms with Crippen molar-refractivity contribution in [3.63, 3.8) is 0 Å². The van der Waals surface area contributed by atoms with E-state index in [1.807, 2.05) is 0 Å². The number of hydrogen-bond acceptors (Lipinski definition) is 3. The van der Waals surface area contributed by atoms with Crippen LogP contribution in [0.1, 0.15) is 12.5 Å². The smallest absolute Gasteiger partial charge is 0.0371 e. The molecule has 2 rings (SSSR count). The summed E-state index contributed by atoms with van der Waals surface area (Å²) in [5.74, 6) is 0.688. The Morgan fingerprint density at radius 3 is 2.79 bits per heavy atom. The van der Waals surface area contributed by atoms with Crippen LogP contribution in [0.3, 0.4) is 0 Å². The quantitative estimate of drug-likeness (QED) is 0.897. The zero-order valence-corrected chi connectivity index (χ0v) is 12.7. The Morgan fingerprint density at radius 1 is 1.32 bits per heavy atom. The van der Waals surface area contributed by atoms with Gasteiger partial charge in [-0.1, -0.05) is 19.1 Å². The summed E-state index contributed by atoms with van der Waals surface area (Å²) >= 11 is 0. The summed E-state index contributed by atoms with van der Waals surface area (Å²) in [6, 6.07) is 9.40. The van der Waals surface area contributed by atoms with Crippen LogP contribution in [0.2, 0.25) is 0 Å². The minimum Gasteiger partial charge on any atom is -0.370 e. The molecule has 1 fully saturated rings. The summed E-state index contributed by atoms with van der Waals surface area (Å²) in [5, 5.41) is 3.69. The predicted octanol–water partition coefficient (Wildman–Crippen LogP) is 1.97. The SMILES string of the molecule is Cc1cccc(N2CC(C)CNC(CN(C)C)C2)c1. The van der Waals surface area contributed by atoms with Crippen molar-refractivity contribution in [2.45, 2.75) is 19.9 Å². The van der Waals surface area contributed by atoms with Crippen LogP contribution in [-0.4, -0.2) is 51.2 Å². The van der Waals surface area contributed by atoms with E-state index in [0.717, 1.165) is 26.2 Å². The van der Waals surface area contributed by atoms with Gasteiger partial charge in [-0.3, -0.25) is 0 Å². The van der Waals surface area contributed by atoms with E-state index < -0.39 is 0 Å². The molecule has 1 aromatic rings. The molecule has 0 spiro atoms. The minimum atomic E-state index is 0.542. The number of benzene rings is 1. The monoisotopic (exact) mass is 261 g/mol. The summed E-state index contributed by atoms with van der Waals surface area (Å²) in [6.45, 7) is 8.93. The second kappa shape index (κ2) is 6.40.